The molecule has 0 atom stereocenters. The summed E-state index contributed by atoms with van der Waals surface area (Å²) >= 11 is 0. The van der Waals surface area contributed by atoms with Crippen molar-refractivity contribution < 1.29 is 17.9 Å². The van der Waals surface area contributed by atoms with E-state index in [1.54, 1.807) is 4.90 Å². The highest BCUT2D eigenvalue weighted by Crippen LogP contribution is 2.16. The SMILES string of the molecule is Cc1ccccc1OCC(=O)N1CCN(S(C)(=O)=O)CC1. The van der Waals surface area contributed by atoms with Crippen LogP contribution in [-0.4, -0.2) is 62.6 Å². The van der Waals surface area contributed by atoms with Crippen molar-refractivity contribution >= 4 is 15.9 Å². The van der Waals surface area contributed by atoms with E-state index in [0.29, 0.717) is 31.9 Å². The molecule has 0 radical (unpaired) electrons. The molecule has 1 aromatic rings. The first-order chi connectivity index (χ1) is 9.88. The molecule has 0 N–H and O–H groups in total. The second-order valence-electron chi connectivity index (χ2n) is 5.10. The maximum Gasteiger partial charge on any atom is 0.260 e. The van der Waals surface area contributed by atoms with Gasteiger partial charge < -0.3 is 9.64 Å². The molecule has 1 aromatic carbocycles. The maximum atomic E-state index is 12.1. The van der Waals surface area contributed by atoms with Gasteiger partial charge in [0.15, 0.2) is 6.61 Å². The normalized spacial score (nSPS) is 16.8. The van der Waals surface area contributed by atoms with Gasteiger partial charge in [0.25, 0.3) is 5.91 Å². The topological polar surface area (TPSA) is 66.9 Å². The van der Waals surface area contributed by atoms with Crippen LogP contribution < -0.4 is 4.74 Å². The lowest BCUT2D eigenvalue weighted by Crippen LogP contribution is -2.51. The Kier molecular flexibility index (Phi) is 4.84. The Hall–Kier alpha value is -1.60. The monoisotopic (exact) mass is 312 g/mol. The van der Waals surface area contributed by atoms with Crippen molar-refractivity contribution in [2.45, 2.75) is 6.92 Å². The van der Waals surface area contributed by atoms with Crippen LogP contribution in [0.2, 0.25) is 0 Å². The van der Waals surface area contributed by atoms with Gasteiger partial charge >= 0.3 is 0 Å². The predicted molar refractivity (Wildman–Crippen MR) is 79.7 cm³/mol. The lowest BCUT2D eigenvalue weighted by molar-refractivity contribution is -0.134. The zero-order valence-corrected chi connectivity index (χ0v) is 13.1. The standard InChI is InChI=1S/C14H20N2O4S/c1-12-5-3-4-6-13(12)20-11-14(17)15-7-9-16(10-8-15)21(2,18)19/h3-6H,7-11H2,1-2H3. The van der Waals surface area contributed by atoms with Gasteiger partial charge in [-0.05, 0) is 18.6 Å². The number of amides is 1. The largest absolute Gasteiger partial charge is 0.484 e. The van der Waals surface area contributed by atoms with E-state index in [2.05, 4.69) is 0 Å². The van der Waals surface area contributed by atoms with Gasteiger partial charge in [0, 0.05) is 26.2 Å². The molecule has 1 aliphatic heterocycles. The third-order valence-electron chi connectivity index (χ3n) is 3.51. The Morgan fingerprint density at radius 1 is 1.19 bits per heavy atom. The van der Waals surface area contributed by atoms with Crippen LogP contribution >= 0.6 is 0 Å². The average molecular weight is 312 g/mol. The van der Waals surface area contributed by atoms with Crippen molar-refractivity contribution in [3.8, 4) is 5.75 Å². The number of benzene rings is 1. The highest BCUT2D eigenvalue weighted by Gasteiger charge is 2.26. The van der Waals surface area contributed by atoms with Gasteiger partial charge in [-0.25, -0.2) is 8.42 Å². The van der Waals surface area contributed by atoms with Gasteiger partial charge in [-0.2, -0.15) is 4.31 Å². The predicted octanol–water partition coefficient (Wildman–Crippen LogP) is 0.478. The number of rotatable bonds is 4. The van der Waals surface area contributed by atoms with Crippen molar-refractivity contribution in [1.29, 1.82) is 0 Å². The summed E-state index contributed by atoms with van der Waals surface area (Å²) < 4.78 is 29.7. The van der Waals surface area contributed by atoms with Crippen LogP contribution in [-0.2, 0) is 14.8 Å². The number of hydrogen-bond acceptors (Lipinski definition) is 4. The Bertz CT molecular complexity index is 607. The van der Waals surface area contributed by atoms with Gasteiger partial charge in [0.1, 0.15) is 5.75 Å². The lowest BCUT2D eigenvalue weighted by Gasteiger charge is -2.33. The number of nitrogens with zero attached hydrogens (tertiary/aromatic N) is 2. The Labute approximate surface area is 125 Å². The van der Waals surface area contributed by atoms with Gasteiger partial charge in [-0.1, -0.05) is 18.2 Å². The fourth-order valence-corrected chi connectivity index (χ4v) is 3.04. The molecule has 1 heterocycles. The van der Waals surface area contributed by atoms with Gasteiger partial charge in [-0.3, -0.25) is 4.79 Å². The summed E-state index contributed by atoms with van der Waals surface area (Å²) in [6, 6.07) is 7.51. The minimum Gasteiger partial charge on any atom is -0.484 e. The summed E-state index contributed by atoms with van der Waals surface area (Å²) in [6.45, 7) is 3.39. The quantitative estimate of drug-likeness (QED) is 0.811. The summed E-state index contributed by atoms with van der Waals surface area (Å²) in [7, 11) is -3.17. The van der Waals surface area contributed by atoms with Crippen LogP contribution in [0.3, 0.4) is 0 Å². The lowest BCUT2D eigenvalue weighted by atomic mass is 10.2. The molecule has 0 spiro atoms. The molecule has 7 heteroatoms. The first kappa shape index (κ1) is 15.8. The molecule has 6 nitrogen and oxygen atoms in total. The van der Waals surface area contributed by atoms with E-state index in [-0.39, 0.29) is 12.5 Å². The molecule has 0 aliphatic carbocycles. The molecule has 1 saturated heterocycles. The van der Waals surface area contributed by atoms with Crippen LogP contribution in [0, 0.1) is 6.92 Å². The molecule has 21 heavy (non-hydrogen) atoms. The highest BCUT2D eigenvalue weighted by atomic mass is 32.2. The highest BCUT2D eigenvalue weighted by molar-refractivity contribution is 7.88. The number of piperazine rings is 1. The second kappa shape index (κ2) is 6.44. The van der Waals surface area contributed by atoms with Crippen LogP contribution in [0.5, 0.6) is 5.75 Å². The first-order valence-electron chi connectivity index (χ1n) is 6.79. The van der Waals surface area contributed by atoms with Crippen molar-refractivity contribution in [2.75, 3.05) is 39.0 Å². The zero-order valence-electron chi connectivity index (χ0n) is 12.3. The minimum atomic E-state index is -3.17. The van der Waals surface area contributed by atoms with Gasteiger partial charge in [-0.15, -0.1) is 0 Å². The molecule has 116 valence electrons. The van der Waals surface area contributed by atoms with Crippen LogP contribution in [0.1, 0.15) is 5.56 Å². The number of hydrogen-bond donors (Lipinski definition) is 0. The van der Waals surface area contributed by atoms with E-state index in [0.717, 1.165) is 5.56 Å². The molecular weight excluding hydrogens is 292 g/mol. The second-order valence-corrected chi connectivity index (χ2v) is 7.08. The third-order valence-corrected chi connectivity index (χ3v) is 4.81. The summed E-state index contributed by atoms with van der Waals surface area (Å²) in [5, 5.41) is 0. The molecule has 0 aromatic heterocycles. The minimum absolute atomic E-state index is 0.0241. The third kappa shape index (κ3) is 4.18. The van der Waals surface area contributed by atoms with Crippen LogP contribution in [0.4, 0.5) is 0 Å². The molecule has 0 unspecified atom stereocenters. The number of ether oxygens (including phenoxy) is 1. The van der Waals surface area contributed by atoms with Crippen LogP contribution in [0.15, 0.2) is 24.3 Å². The zero-order chi connectivity index (χ0) is 15.5. The molecule has 2 rings (SSSR count). The van der Waals surface area contributed by atoms with E-state index < -0.39 is 10.0 Å². The van der Waals surface area contributed by atoms with E-state index in [1.165, 1.54) is 10.6 Å². The number of sulfonamides is 1. The van der Waals surface area contributed by atoms with Gasteiger partial charge in [0.2, 0.25) is 10.0 Å². The van der Waals surface area contributed by atoms with E-state index in [9.17, 15) is 13.2 Å². The number of carbonyl (C=O) groups is 1. The summed E-state index contributed by atoms with van der Waals surface area (Å²) in [4.78, 5) is 13.7. The first-order valence-corrected chi connectivity index (χ1v) is 8.64. The average Bonchev–Trinajstić information content (AvgIpc) is 2.45. The molecule has 0 saturated carbocycles. The van der Waals surface area contributed by atoms with E-state index in [4.69, 9.17) is 4.74 Å². The fourth-order valence-electron chi connectivity index (χ4n) is 2.22. The molecule has 0 bridgehead atoms. The van der Waals surface area contributed by atoms with Crippen molar-refractivity contribution in [3.63, 3.8) is 0 Å². The van der Waals surface area contributed by atoms with Crippen molar-refractivity contribution in [1.82, 2.24) is 9.21 Å². The number of aryl methyl sites for hydroxylation is 1. The summed E-state index contributed by atoms with van der Waals surface area (Å²) in [5.74, 6) is 0.576. The van der Waals surface area contributed by atoms with Crippen LogP contribution in [0.25, 0.3) is 0 Å². The molecule has 1 aliphatic rings. The Morgan fingerprint density at radius 2 is 1.81 bits per heavy atom. The molecular formula is C14H20N2O4S. The van der Waals surface area contributed by atoms with E-state index in [1.807, 2.05) is 31.2 Å². The van der Waals surface area contributed by atoms with Crippen molar-refractivity contribution in [3.05, 3.63) is 29.8 Å². The number of carbonyl (C=O) groups excluding carboxylic acids is 1. The Morgan fingerprint density at radius 3 is 2.38 bits per heavy atom. The number of para-hydroxylation sites is 1. The smallest absolute Gasteiger partial charge is 0.260 e. The van der Waals surface area contributed by atoms with Crippen molar-refractivity contribution in [2.24, 2.45) is 0 Å². The molecule has 1 amide bonds. The van der Waals surface area contributed by atoms with Gasteiger partial charge in [0.05, 0.1) is 6.26 Å². The maximum absolute atomic E-state index is 12.1. The fraction of sp³-hybridized carbons (Fsp3) is 0.500. The summed E-state index contributed by atoms with van der Waals surface area (Å²) in [6.07, 6.45) is 1.19. The summed E-state index contributed by atoms with van der Waals surface area (Å²) in [5.41, 5.74) is 0.979. The van der Waals surface area contributed by atoms with E-state index >= 15 is 0 Å². The molecule has 1 fully saturated rings. The Balaban J connectivity index is 1.84.